The third kappa shape index (κ3) is 3.21. The maximum absolute atomic E-state index is 11.1. The van der Waals surface area contributed by atoms with Crippen LogP contribution in [-0.2, 0) is 11.2 Å². The van der Waals surface area contributed by atoms with Crippen molar-refractivity contribution in [2.24, 2.45) is 5.73 Å². The van der Waals surface area contributed by atoms with E-state index in [9.17, 15) is 4.79 Å². The molecule has 0 fully saturated rings. The number of carbonyl (C=O) groups excluding carboxylic acids is 1. The smallest absolute Gasteiger partial charge is 0.246 e. The lowest BCUT2D eigenvalue weighted by molar-refractivity contribution is -0.114. The van der Waals surface area contributed by atoms with Crippen LogP contribution >= 0.6 is 0 Å². The van der Waals surface area contributed by atoms with Crippen LogP contribution in [0.5, 0.6) is 0 Å². The topological polar surface area (TPSA) is 46.3 Å². The molecule has 1 aromatic rings. The van der Waals surface area contributed by atoms with Crippen LogP contribution in [0.15, 0.2) is 54.3 Å². The van der Waals surface area contributed by atoms with Gasteiger partial charge in [-0.1, -0.05) is 36.4 Å². The van der Waals surface area contributed by atoms with E-state index in [0.29, 0.717) is 12.1 Å². The third-order valence-electron chi connectivity index (χ3n) is 2.81. The maximum atomic E-state index is 11.1. The number of carbonyl (C=O) groups is 1. The molecule has 1 aliphatic rings. The van der Waals surface area contributed by atoms with E-state index in [-0.39, 0.29) is 5.91 Å². The SMILES string of the molecule is NC(=O)C1=CC=CN(CCc2ccccc2)C1. The van der Waals surface area contributed by atoms with E-state index < -0.39 is 0 Å². The fourth-order valence-electron chi connectivity index (χ4n) is 1.84. The maximum Gasteiger partial charge on any atom is 0.246 e. The van der Waals surface area contributed by atoms with Crippen LogP contribution in [0.25, 0.3) is 0 Å². The molecule has 0 aliphatic carbocycles. The zero-order chi connectivity index (χ0) is 12.1. The van der Waals surface area contributed by atoms with Crippen molar-refractivity contribution in [3.05, 3.63) is 59.8 Å². The number of allylic oxidation sites excluding steroid dienone is 2. The molecule has 0 aromatic heterocycles. The highest BCUT2D eigenvalue weighted by Crippen LogP contribution is 2.08. The van der Waals surface area contributed by atoms with Gasteiger partial charge in [0.15, 0.2) is 0 Å². The number of hydrogen-bond acceptors (Lipinski definition) is 2. The summed E-state index contributed by atoms with van der Waals surface area (Å²) < 4.78 is 0. The Morgan fingerprint density at radius 3 is 2.76 bits per heavy atom. The fraction of sp³-hybridized carbons (Fsp3) is 0.214. The van der Waals surface area contributed by atoms with Gasteiger partial charge < -0.3 is 10.6 Å². The molecule has 0 bridgehead atoms. The summed E-state index contributed by atoms with van der Waals surface area (Å²) in [5.41, 5.74) is 7.24. The van der Waals surface area contributed by atoms with Gasteiger partial charge in [0, 0.05) is 18.7 Å². The molecule has 2 rings (SSSR count). The van der Waals surface area contributed by atoms with Gasteiger partial charge in [0.05, 0.1) is 0 Å². The van der Waals surface area contributed by atoms with E-state index in [1.165, 1.54) is 5.56 Å². The van der Waals surface area contributed by atoms with E-state index in [4.69, 9.17) is 5.73 Å². The molecule has 0 unspecified atom stereocenters. The van der Waals surface area contributed by atoms with Crippen molar-refractivity contribution in [1.29, 1.82) is 0 Å². The Kier molecular flexibility index (Phi) is 3.60. The van der Waals surface area contributed by atoms with Gasteiger partial charge in [-0.25, -0.2) is 0 Å². The first-order valence-corrected chi connectivity index (χ1v) is 5.71. The van der Waals surface area contributed by atoms with Gasteiger partial charge in [-0.3, -0.25) is 4.79 Å². The summed E-state index contributed by atoms with van der Waals surface area (Å²) in [6, 6.07) is 10.3. The lowest BCUT2D eigenvalue weighted by atomic mass is 10.1. The molecule has 0 atom stereocenters. The van der Waals surface area contributed by atoms with Crippen LogP contribution in [0, 0.1) is 0 Å². The summed E-state index contributed by atoms with van der Waals surface area (Å²) in [7, 11) is 0. The average molecular weight is 228 g/mol. The van der Waals surface area contributed by atoms with Crippen LogP contribution in [0.3, 0.4) is 0 Å². The van der Waals surface area contributed by atoms with Crippen LogP contribution in [0.1, 0.15) is 5.56 Å². The van der Waals surface area contributed by atoms with E-state index in [1.807, 2.05) is 30.5 Å². The molecule has 88 valence electrons. The second-order valence-electron chi connectivity index (χ2n) is 4.10. The monoisotopic (exact) mass is 228 g/mol. The third-order valence-corrected chi connectivity index (χ3v) is 2.81. The number of nitrogens with two attached hydrogens (primary N) is 1. The quantitative estimate of drug-likeness (QED) is 0.848. The molecule has 3 heteroatoms. The molecule has 17 heavy (non-hydrogen) atoms. The average Bonchev–Trinajstić information content (AvgIpc) is 2.38. The van der Waals surface area contributed by atoms with Crippen LogP contribution in [0.4, 0.5) is 0 Å². The predicted molar refractivity (Wildman–Crippen MR) is 68.1 cm³/mol. The lowest BCUT2D eigenvalue weighted by Gasteiger charge is -2.23. The number of hydrogen-bond donors (Lipinski definition) is 1. The molecular formula is C14H16N2O. The van der Waals surface area contributed by atoms with Crippen molar-refractivity contribution in [2.45, 2.75) is 6.42 Å². The van der Waals surface area contributed by atoms with Crippen molar-refractivity contribution in [3.63, 3.8) is 0 Å². The largest absolute Gasteiger partial charge is 0.373 e. The van der Waals surface area contributed by atoms with E-state index in [2.05, 4.69) is 17.0 Å². The highest BCUT2D eigenvalue weighted by Gasteiger charge is 2.11. The highest BCUT2D eigenvalue weighted by atomic mass is 16.1. The molecule has 0 saturated carbocycles. The van der Waals surface area contributed by atoms with Crippen molar-refractivity contribution >= 4 is 5.91 Å². The van der Waals surface area contributed by atoms with E-state index in [0.717, 1.165) is 13.0 Å². The minimum Gasteiger partial charge on any atom is -0.373 e. The molecule has 1 heterocycles. The summed E-state index contributed by atoms with van der Waals surface area (Å²) in [5.74, 6) is -0.334. The highest BCUT2D eigenvalue weighted by molar-refractivity contribution is 5.92. The minimum absolute atomic E-state index is 0.334. The van der Waals surface area contributed by atoms with Crippen LogP contribution in [0.2, 0.25) is 0 Å². The van der Waals surface area contributed by atoms with Gasteiger partial charge in [0.2, 0.25) is 5.91 Å². The standard InChI is InChI=1S/C14H16N2O/c15-14(17)13-7-4-9-16(11-13)10-8-12-5-2-1-3-6-12/h1-7,9H,8,10-11H2,(H2,15,17). The zero-order valence-corrected chi connectivity index (χ0v) is 9.67. The molecule has 1 aromatic carbocycles. The molecule has 2 N–H and O–H groups in total. The Morgan fingerprint density at radius 2 is 2.06 bits per heavy atom. The second-order valence-corrected chi connectivity index (χ2v) is 4.10. The molecule has 1 aliphatic heterocycles. The van der Waals surface area contributed by atoms with Crippen molar-refractivity contribution in [2.75, 3.05) is 13.1 Å². The number of amides is 1. The Labute approximate surface area is 101 Å². The van der Waals surface area contributed by atoms with Gasteiger partial charge in [-0.2, -0.15) is 0 Å². The van der Waals surface area contributed by atoms with Crippen LogP contribution < -0.4 is 5.73 Å². The Bertz CT molecular complexity index is 449. The van der Waals surface area contributed by atoms with Crippen LogP contribution in [-0.4, -0.2) is 23.9 Å². The Hall–Kier alpha value is -2.03. The second kappa shape index (κ2) is 5.34. The van der Waals surface area contributed by atoms with Gasteiger partial charge in [0.1, 0.15) is 0 Å². The zero-order valence-electron chi connectivity index (χ0n) is 9.67. The Balaban J connectivity index is 1.88. The predicted octanol–water partition coefficient (Wildman–Crippen LogP) is 1.47. The first-order valence-electron chi connectivity index (χ1n) is 5.71. The number of rotatable bonds is 4. The molecule has 0 spiro atoms. The number of primary amides is 1. The first kappa shape index (κ1) is 11.5. The molecule has 3 nitrogen and oxygen atoms in total. The summed E-state index contributed by atoms with van der Waals surface area (Å²) in [4.78, 5) is 13.2. The Morgan fingerprint density at radius 1 is 1.29 bits per heavy atom. The summed E-state index contributed by atoms with van der Waals surface area (Å²) in [6.45, 7) is 1.50. The van der Waals surface area contributed by atoms with E-state index in [1.54, 1.807) is 6.08 Å². The fourth-order valence-corrected chi connectivity index (χ4v) is 1.84. The van der Waals surface area contributed by atoms with Crippen molar-refractivity contribution < 1.29 is 4.79 Å². The summed E-state index contributed by atoms with van der Waals surface area (Å²) in [5, 5.41) is 0. The molecule has 0 saturated heterocycles. The lowest BCUT2D eigenvalue weighted by Crippen LogP contribution is -2.29. The van der Waals surface area contributed by atoms with Gasteiger partial charge in [0.25, 0.3) is 0 Å². The summed E-state index contributed by atoms with van der Waals surface area (Å²) >= 11 is 0. The number of benzene rings is 1. The molecular weight excluding hydrogens is 212 g/mol. The minimum atomic E-state index is -0.334. The van der Waals surface area contributed by atoms with E-state index >= 15 is 0 Å². The summed E-state index contributed by atoms with van der Waals surface area (Å²) in [6.07, 6.45) is 6.61. The van der Waals surface area contributed by atoms with Crippen molar-refractivity contribution in [3.8, 4) is 0 Å². The first-order chi connectivity index (χ1) is 8.25. The van der Waals surface area contributed by atoms with Gasteiger partial charge >= 0.3 is 0 Å². The van der Waals surface area contributed by atoms with Gasteiger partial charge in [-0.05, 0) is 24.3 Å². The molecule has 1 amide bonds. The van der Waals surface area contributed by atoms with Crippen molar-refractivity contribution in [1.82, 2.24) is 4.90 Å². The number of nitrogens with zero attached hydrogens (tertiary/aromatic N) is 1. The molecule has 0 radical (unpaired) electrons. The van der Waals surface area contributed by atoms with Gasteiger partial charge in [-0.15, -0.1) is 0 Å². The normalized spacial score (nSPS) is 14.6.